The molecule has 0 aromatic carbocycles. The molecular weight excluding hydrogens is 192 g/mol. The lowest BCUT2D eigenvalue weighted by Crippen LogP contribution is -2.31. The van der Waals surface area contributed by atoms with E-state index in [0.717, 1.165) is 6.61 Å². The fourth-order valence-corrected chi connectivity index (χ4v) is 3.66. The van der Waals surface area contributed by atoms with Crippen molar-refractivity contribution in [2.24, 2.45) is 23.7 Å². The lowest BCUT2D eigenvalue weighted by Gasteiger charge is -2.25. The second-order valence-corrected chi connectivity index (χ2v) is 4.94. The van der Waals surface area contributed by atoms with Crippen LogP contribution in [0.2, 0.25) is 0 Å². The molecular formula is C12H18O3. The van der Waals surface area contributed by atoms with Crippen molar-refractivity contribution in [1.82, 2.24) is 0 Å². The van der Waals surface area contributed by atoms with Gasteiger partial charge in [-0.2, -0.15) is 0 Å². The molecule has 84 valence electrons. The highest BCUT2D eigenvalue weighted by Crippen LogP contribution is 2.62. The summed E-state index contributed by atoms with van der Waals surface area (Å²) in [7, 11) is 3.44. The SMILES string of the molecule is COC(OC)[C@H]1[C@@H]2C=C[C@H]1C1(CO1)[C@H]2C. The van der Waals surface area contributed by atoms with Crippen LogP contribution in [0.5, 0.6) is 0 Å². The van der Waals surface area contributed by atoms with Gasteiger partial charge in [-0.05, 0) is 11.8 Å². The summed E-state index contributed by atoms with van der Waals surface area (Å²) >= 11 is 0. The molecule has 1 saturated carbocycles. The highest BCUT2D eigenvalue weighted by Gasteiger charge is 2.68. The van der Waals surface area contributed by atoms with Gasteiger partial charge in [0, 0.05) is 26.1 Å². The van der Waals surface area contributed by atoms with Gasteiger partial charge in [0.15, 0.2) is 6.29 Å². The van der Waals surface area contributed by atoms with Crippen molar-refractivity contribution < 1.29 is 14.2 Å². The summed E-state index contributed by atoms with van der Waals surface area (Å²) in [5.74, 6) is 2.09. The van der Waals surface area contributed by atoms with Gasteiger partial charge in [-0.1, -0.05) is 19.1 Å². The van der Waals surface area contributed by atoms with Gasteiger partial charge in [0.25, 0.3) is 0 Å². The first-order valence-electron chi connectivity index (χ1n) is 5.62. The second kappa shape index (κ2) is 3.06. The molecule has 3 rings (SSSR count). The first-order valence-corrected chi connectivity index (χ1v) is 5.62. The average Bonchev–Trinajstić information content (AvgIpc) is 2.88. The third-order valence-electron chi connectivity index (χ3n) is 4.57. The van der Waals surface area contributed by atoms with E-state index in [2.05, 4.69) is 19.1 Å². The molecule has 3 nitrogen and oxygen atoms in total. The summed E-state index contributed by atoms with van der Waals surface area (Å²) in [5.41, 5.74) is 0.124. The molecule has 1 aliphatic heterocycles. The molecule has 0 N–H and O–H groups in total. The Balaban J connectivity index is 1.89. The van der Waals surface area contributed by atoms with Crippen molar-refractivity contribution in [3.05, 3.63) is 12.2 Å². The van der Waals surface area contributed by atoms with Gasteiger partial charge in [-0.25, -0.2) is 0 Å². The maximum Gasteiger partial charge on any atom is 0.160 e. The third kappa shape index (κ3) is 1.06. The lowest BCUT2D eigenvalue weighted by atomic mass is 9.85. The van der Waals surface area contributed by atoms with Crippen LogP contribution >= 0.6 is 0 Å². The number of hydrogen-bond acceptors (Lipinski definition) is 3. The molecule has 3 heteroatoms. The van der Waals surface area contributed by atoms with Crippen LogP contribution < -0.4 is 0 Å². The molecule has 0 aromatic rings. The zero-order valence-electron chi connectivity index (χ0n) is 9.47. The fraction of sp³-hybridized carbons (Fsp3) is 0.833. The predicted octanol–water partition coefficient (Wildman–Crippen LogP) is 1.44. The van der Waals surface area contributed by atoms with E-state index < -0.39 is 0 Å². The summed E-state index contributed by atoms with van der Waals surface area (Å²) in [6.45, 7) is 3.20. The molecule has 1 heterocycles. The van der Waals surface area contributed by atoms with Crippen LogP contribution in [0, 0.1) is 23.7 Å². The topological polar surface area (TPSA) is 31.0 Å². The lowest BCUT2D eigenvalue weighted by molar-refractivity contribution is -0.147. The van der Waals surface area contributed by atoms with Crippen molar-refractivity contribution in [3.63, 3.8) is 0 Å². The Labute approximate surface area is 90.4 Å². The third-order valence-corrected chi connectivity index (χ3v) is 4.57. The monoisotopic (exact) mass is 210 g/mol. The molecule has 0 amide bonds. The quantitative estimate of drug-likeness (QED) is 0.401. The Morgan fingerprint density at radius 1 is 1.33 bits per heavy atom. The molecule has 2 bridgehead atoms. The smallest absolute Gasteiger partial charge is 0.160 e. The number of ether oxygens (including phenoxy) is 3. The van der Waals surface area contributed by atoms with Crippen molar-refractivity contribution in [2.45, 2.75) is 18.8 Å². The van der Waals surface area contributed by atoms with Gasteiger partial charge in [0.2, 0.25) is 0 Å². The predicted molar refractivity (Wildman–Crippen MR) is 55.3 cm³/mol. The zero-order valence-corrected chi connectivity index (χ0v) is 9.47. The van der Waals surface area contributed by atoms with Crippen LogP contribution in [0.4, 0.5) is 0 Å². The summed E-state index contributed by atoms with van der Waals surface area (Å²) in [4.78, 5) is 0. The molecule has 1 unspecified atom stereocenters. The Morgan fingerprint density at radius 3 is 2.47 bits per heavy atom. The molecule has 1 spiro atoms. The minimum absolute atomic E-state index is 0.0963. The summed E-state index contributed by atoms with van der Waals surface area (Å²) in [5, 5.41) is 0. The Kier molecular flexibility index (Phi) is 2.00. The zero-order chi connectivity index (χ0) is 10.6. The van der Waals surface area contributed by atoms with Crippen LogP contribution in [0.3, 0.4) is 0 Å². The summed E-state index contributed by atoms with van der Waals surface area (Å²) < 4.78 is 16.5. The van der Waals surface area contributed by atoms with Crippen molar-refractivity contribution in [3.8, 4) is 0 Å². The largest absolute Gasteiger partial charge is 0.369 e. The van der Waals surface area contributed by atoms with Crippen molar-refractivity contribution >= 4 is 0 Å². The van der Waals surface area contributed by atoms with E-state index in [9.17, 15) is 0 Å². The number of methoxy groups -OCH3 is 2. The molecule has 2 fully saturated rings. The van der Waals surface area contributed by atoms with E-state index in [0.29, 0.717) is 23.7 Å². The summed E-state index contributed by atoms with van der Waals surface area (Å²) in [6.07, 6.45) is 4.52. The number of rotatable bonds is 3. The van der Waals surface area contributed by atoms with Gasteiger partial charge < -0.3 is 14.2 Å². The molecule has 15 heavy (non-hydrogen) atoms. The highest BCUT2D eigenvalue weighted by molar-refractivity contribution is 5.27. The minimum atomic E-state index is -0.0963. The van der Waals surface area contributed by atoms with Crippen LogP contribution in [-0.2, 0) is 14.2 Å². The van der Waals surface area contributed by atoms with Crippen LogP contribution in [0.25, 0.3) is 0 Å². The van der Waals surface area contributed by atoms with E-state index in [4.69, 9.17) is 14.2 Å². The average molecular weight is 210 g/mol. The van der Waals surface area contributed by atoms with E-state index in [1.165, 1.54) is 0 Å². The number of allylic oxidation sites excluding steroid dienone is 1. The van der Waals surface area contributed by atoms with E-state index in [1.807, 2.05) is 0 Å². The van der Waals surface area contributed by atoms with Crippen molar-refractivity contribution in [1.29, 1.82) is 0 Å². The second-order valence-electron chi connectivity index (χ2n) is 4.94. The van der Waals surface area contributed by atoms with Crippen LogP contribution in [0.1, 0.15) is 6.92 Å². The first-order chi connectivity index (χ1) is 7.24. The first kappa shape index (κ1) is 9.82. The Morgan fingerprint density at radius 2 is 2.00 bits per heavy atom. The molecule has 0 aromatic heterocycles. The summed E-state index contributed by atoms with van der Waals surface area (Å²) in [6, 6.07) is 0. The molecule has 5 atom stereocenters. The van der Waals surface area contributed by atoms with E-state index in [-0.39, 0.29) is 11.9 Å². The van der Waals surface area contributed by atoms with Crippen LogP contribution in [0.15, 0.2) is 12.2 Å². The molecule has 3 aliphatic rings. The molecule has 2 aliphatic carbocycles. The van der Waals surface area contributed by atoms with Gasteiger partial charge in [0.05, 0.1) is 6.61 Å². The number of fused-ring (bicyclic) bond motifs is 3. The number of hydrogen-bond donors (Lipinski definition) is 0. The molecule has 0 radical (unpaired) electrons. The van der Waals surface area contributed by atoms with Gasteiger partial charge in [-0.3, -0.25) is 0 Å². The Bertz CT molecular complexity index is 291. The van der Waals surface area contributed by atoms with Gasteiger partial charge >= 0.3 is 0 Å². The highest BCUT2D eigenvalue weighted by atomic mass is 16.7. The number of epoxide rings is 1. The maximum absolute atomic E-state index is 5.71. The van der Waals surface area contributed by atoms with E-state index in [1.54, 1.807) is 14.2 Å². The van der Waals surface area contributed by atoms with Gasteiger partial charge in [0.1, 0.15) is 5.60 Å². The Hall–Kier alpha value is -0.380. The molecule has 1 saturated heterocycles. The normalized spacial score (nSPS) is 50.9. The van der Waals surface area contributed by atoms with Crippen molar-refractivity contribution in [2.75, 3.05) is 20.8 Å². The van der Waals surface area contributed by atoms with Gasteiger partial charge in [-0.15, -0.1) is 0 Å². The minimum Gasteiger partial charge on any atom is -0.369 e. The standard InChI is InChI=1S/C12H18O3/c1-7-8-4-5-9(12(7)6-15-12)10(8)11(13-2)14-3/h4-5,7-11H,6H2,1-3H3/t7-,8+,9+,10-,12?/m0/s1. The maximum atomic E-state index is 5.71. The fourth-order valence-electron chi connectivity index (χ4n) is 3.66. The van der Waals surface area contributed by atoms with E-state index >= 15 is 0 Å². The van der Waals surface area contributed by atoms with Crippen LogP contribution in [-0.4, -0.2) is 32.7 Å².